The Balaban J connectivity index is -0.000000713. The Morgan fingerprint density at radius 2 is 1.30 bits per heavy atom. The van der Waals surface area contributed by atoms with Crippen LogP contribution in [0.2, 0.25) is 0 Å². The van der Waals surface area contributed by atoms with Crippen LogP contribution in [0.25, 0.3) is 0 Å². The van der Waals surface area contributed by atoms with Crippen LogP contribution in [-0.2, 0) is 33.3 Å². The van der Waals surface area contributed by atoms with Gasteiger partial charge in [-0.15, -0.1) is 0 Å². The molecule has 2 aliphatic heterocycles. The Morgan fingerprint density at radius 3 is 1.81 bits per heavy atom. The average Bonchev–Trinajstić information content (AvgIpc) is 3.40. The third kappa shape index (κ3) is 48.8. The van der Waals surface area contributed by atoms with E-state index in [1.165, 1.54) is 14.2 Å². The van der Waals surface area contributed by atoms with Crippen molar-refractivity contribution >= 4 is 12.3 Å². The Kier molecular flexibility index (Phi) is 64.3. The maximum atomic E-state index is 12.0. The van der Waals surface area contributed by atoms with Crippen LogP contribution in [0, 0.1) is 33.0 Å². The molecule has 0 bridgehead atoms. The summed E-state index contributed by atoms with van der Waals surface area (Å²) >= 11 is 0. The Morgan fingerprint density at radius 1 is 0.725 bits per heavy atom. The van der Waals surface area contributed by atoms with Crippen molar-refractivity contribution in [2.24, 2.45) is 17.1 Å². The van der Waals surface area contributed by atoms with Gasteiger partial charge in [0.15, 0.2) is 12.1 Å². The molecule has 12 atom stereocenters. The van der Waals surface area contributed by atoms with Crippen molar-refractivity contribution in [1.29, 1.82) is 0 Å². The first-order valence-corrected chi connectivity index (χ1v) is 27.7. The molecule has 1 radical (unpaired) electrons. The van der Waals surface area contributed by atoms with E-state index >= 15 is 0 Å². The summed E-state index contributed by atoms with van der Waals surface area (Å²) in [6, 6.07) is 0. The van der Waals surface area contributed by atoms with E-state index in [-0.39, 0.29) is 103 Å². The zero-order chi connectivity index (χ0) is 60.4. The number of allylic oxidation sites excluding steroid dienone is 10. The summed E-state index contributed by atoms with van der Waals surface area (Å²) in [4.78, 5) is 22.4. The molecule has 12 unspecified atom stereocenters. The van der Waals surface area contributed by atoms with Crippen LogP contribution in [-0.4, -0.2) is 201 Å². The number of nitrogens with two attached hydrogens (primary N) is 1. The van der Waals surface area contributed by atoms with E-state index in [2.05, 4.69) is 17.9 Å². The van der Waals surface area contributed by atoms with Crippen LogP contribution in [0.5, 0.6) is 0 Å². The van der Waals surface area contributed by atoms with Gasteiger partial charge < -0.3 is 103 Å². The summed E-state index contributed by atoms with van der Waals surface area (Å²) in [5.41, 5.74) is 4.16. The van der Waals surface area contributed by atoms with Gasteiger partial charge in [0.2, 0.25) is 0 Å². The van der Waals surface area contributed by atoms with Gasteiger partial charge in [0.25, 0.3) is 0 Å². The van der Waals surface area contributed by atoms with E-state index in [0.717, 1.165) is 39.4 Å². The van der Waals surface area contributed by atoms with Crippen LogP contribution in [0.3, 0.4) is 0 Å². The fourth-order valence-electron chi connectivity index (χ4n) is 7.73. The first-order chi connectivity index (χ1) is 37.2. The standard InChI is InChI=1S/C47H78O16.C5H10O2.2C2H6.CH5N.CH4O.CH3.Am/c1-46(2,33-60-3)43(63-45-42(55)30-38(52)32-62-45)19-17-15-13-11-9-7-5-6-8-10-12-14-16-18-39(61-4)22-20-34(44(56)57)24-26-47(58,59)31-37(51)29-41(54)40(53)23-21-35(49)28-36(50)25-27-48;6-5-2-1-3-7-4-5;4*1-2;;/h5-6,8,10-18,27,34-43,45,49-55,58-59H,7,9,19-26,28-33H2,1-4H3,(H,56,57);5-6H,1-4H2;2*1-2H3;2H2,1H3;2H,1H3;1H3;/q;;;;;;-1;/b6-5+,10-8+,13-11+,14-12+,17-15+,18-16+;;;;;;;. The van der Waals surface area contributed by atoms with Gasteiger partial charge in [-0.1, -0.05) is 114 Å². The maximum Gasteiger partial charge on any atom is 0.306 e. The number of carbonyl (C=O) groups is 2. The fourth-order valence-corrected chi connectivity index (χ4v) is 7.73. The van der Waals surface area contributed by atoms with Crippen LogP contribution in [0.1, 0.15) is 144 Å². The van der Waals surface area contributed by atoms with Crippen molar-refractivity contribution < 1.29 is 109 Å². The number of aldehydes is 1. The molecule has 0 aromatic rings. The van der Waals surface area contributed by atoms with E-state index in [9.17, 15) is 60.7 Å². The molecule has 0 aliphatic carbocycles. The molecule has 2 rings (SSSR count). The zero-order valence-corrected chi connectivity index (χ0v) is 53.4. The summed E-state index contributed by atoms with van der Waals surface area (Å²) in [7, 11) is 5.65. The summed E-state index contributed by atoms with van der Waals surface area (Å²) in [6.45, 7) is 14.0. The number of aliphatic hydroxyl groups is 11. The zero-order valence-electron chi connectivity index (χ0n) is 50.3. The smallest absolute Gasteiger partial charge is 0.306 e. The van der Waals surface area contributed by atoms with Crippen molar-refractivity contribution in [3.05, 3.63) is 80.3 Å². The predicted octanol–water partition coefficient (Wildman–Crippen LogP) is 5.16. The minimum absolute atomic E-state index is 0. The average molecular weight is 1380 g/mol. The number of hydrogen-bond acceptors (Lipinski definition) is 19. The van der Waals surface area contributed by atoms with Crippen LogP contribution < -0.4 is 5.73 Å². The first kappa shape index (κ1) is 88.5. The first-order valence-electron chi connectivity index (χ1n) is 27.7. The summed E-state index contributed by atoms with van der Waals surface area (Å²) < 4.78 is 27.5. The molecule has 80 heavy (non-hydrogen) atoms. The number of carboxylic acids is 1. The third-order valence-corrected chi connectivity index (χ3v) is 11.9. The van der Waals surface area contributed by atoms with Crippen LogP contribution >= 0.6 is 0 Å². The number of hydrogen-bond donors (Lipinski definition) is 13. The molecule has 0 amide bonds. The second kappa shape index (κ2) is 58.1. The molecule has 0 aromatic carbocycles. The molecule has 0 aromatic heterocycles. The van der Waals surface area contributed by atoms with Crippen molar-refractivity contribution in [3.63, 3.8) is 0 Å². The fraction of sp³-hybridized carbons (Fsp3) is 0.746. The van der Waals surface area contributed by atoms with E-state index in [0.29, 0.717) is 32.3 Å². The number of aliphatic hydroxyl groups excluding tert-OH is 9. The van der Waals surface area contributed by atoms with Gasteiger partial charge in [-0.25, -0.2) is 0 Å². The van der Waals surface area contributed by atoms with E-state index in [1.54, 1.807) is 19.3 Å². The molecule has 0 saturated carbocycles. The third-order valence-electron chi connectivity index (χ3n) is 11.9. The van der Waals surface area contributed by atoms with Gasteiger partial charge in [0.1, 0.15) is 12.4 Å². The number of methoxy groups -OCH3 is 2. The molecule has 2 heterocycles. The Hall–Kier alpha value is -2.71. The van der Waals surface area contributed by atoms with Crippen molar-refractivity contribution in [2.75, 3.05) is 54.8 Å². The minimum atomic E-state index is -2.43. The minimum Gasteiger partial charge on any atom is -0.481 e. The van der Waals surface area contributed by atoms with E-state index in [1.807, 2.05) is 90.2 Å². The second-order valence-electron chi connectivity index (χ2n) is 19.0. The monoisotopic (exact) mass is 1380 g/mol. The maximum absolute atomic E-state index is 12.0. The quantitative estimate of drug-likeness (QED) is 0.0128. The number of carboxylic acid groups (broad SMARTS) is 1. The molecular formula is C59H112AmNO19-. The summed E-state index contributed by atoms with van der Waals surface area (Å²) in [6.07, 6.45) is 17.4. The Bertz CT molecular complexity index is 1560. The van der Waals surface area contributed by atoms with E-state index in [4.69, 9.17) is 33.9 Å². The summed E-state index contributed by atoms with van der Waals surface area (Å²) in [5, 5.41) is 117. The molecule has 14 N–H and O–H groups in total. The Labute approximate surface area is 488 Å². The van der Waals surface area contributed by atoms with Gasteiger partial charge >= 0.3 is 5.97 Å². The number of unbranched alkanes of at least 4 members (excludes halogenated alkanes) is 1. The molecular weight excluding hydrogens is 1270 g/mol. The number of aliphatic carboxylic acids is 1. The second-order valence-corrected chi connectivity index (χ2v) is 19.0. The van der Waals surface area contributed by atoms with Crippen molar-refractivity contribution in [3.8, 4) is 0 Å². The molecule has 0 spiro atoms. The SMILES string of the molecule is CC.CC.CN.CO.COCC(C)(C)C(C/C=C/C=C/CC/C=C/C=C/C=C/C=C/C(CCC(CCC(O)(O)CC(O)CC(O)C(O)CCC(O)CC(O)CC=O)C(=O)O)OC)OC1OCC(O)CC1O.OC1CCCOC1.[Am].[CH3-]. The van der Waals surface area contributed by atoms with Crippen molar-refractivity contribution in [1.82, 2.24) is 0 Å². The summed E-state index contributed by atoms with van der Waals surface area (Å²) in [5.74, 6) is -4.46. The predicted molar refractivity (Wildman–Crippen MR) is 310 cm³/mol. The molecule has 2 fully saturated rings. The molecule has 2 aliphatic rings. The largest absolute Gasteiger partial charge is 0.481 e. The topological polar surface area (TPSA) is 349 Å². The van der Waals surface area contributed by atoms with E-state index < -0.39 is 79.5 Å². The molecule has 2 saturated heterocycles. The molecule has 475 valence electrons. The number of ether oxygens (including phenoxy) is 5. The van der Waals surface area contributed by atoms with Gasteiger partial charge in [-0.05, 0) is 77.7 Å². The van der Waals surface area contributed by atoms with Gasteiger partial charge in [0, 0.05) is 79.7 Å². The van der Waals surface area contributed by atoms with Crippen molar-refractivity contribution in [2.45, 2.75) is 217 Å². The number of carbonyl (C=O) groups excluding carboxylic acids is 1. The van der Waals surface area contributed by atoms with Crippen LogP contribution in [0.15, 0.2) is 72.9 Å². The van der Waals surface area contributed by atoms with Gasteiger partial charge in [-0.3, -0.25) is 4.79 Å². The van der Waals surface area contributed by atoms with Gasteiger partial charge in [-0.2, -0.15) is 0 Å². The number of rotatable bonds is 35. The normalized spacial score (nSPS) is 20.6. The van der Waals surface area contributed by atoms with Crippen LogP contribution in [0.4, 0.5) is 0 Å². The molecule has 21 heteroatoms. The van der Waals surface area contributed by atoms with Gasteiger partial charge in [0.05, 0.1) is 80.7 Å². The molecule has 20 nitrogen and oxygen atoms in total.